The lowest BCUT2D eigenvalue weighted by Gasteiger charge is -2.21. The summed E-state index contributed by atoms with van der Waals surface area (Å²) in [4.78, 5) is 36.0. The van der Waals surface area contributed by atoms with Gasteiger partial charge in [0.25, 0.3) is 0 Å². The molecule has 0 aromatic rings. The van der Waals surface area contributed by atoms with Crippen LogP contribution in [0.1, 0.15) is 34.1 Å². The second kappa shape index (κ2) is 5.48. The average Bonchev–Trinajstić information content (AvgIpc) is 2.48. The minimum atomic E-state index is -0.567. The van der Waals surface area contributed by atoms with Gasteiger partial charge in [0, 0.05) is 12.1 Å². The minimum absolute atomic E-state index is 0.0402. The Bertz CT molecular complexity index is 360. The monoisotopic (exact) mass is 255 g/mol. The molecule has 1 atom stereocenters. The molecule has 0 aromatic carbocycles. The lowest BCUT2D eigenvalue weighted by atomic mass is 10.1. The van der Waals surface area contributed by atoms with Gasteiger partial charge in [-0.3, -0.25) is 24.6 Å². The molecule has 2 N–H and O–H groups in total. The summed E-state index contributed by atoms with van der Waals surface area (Å²) >= 11 is 0. The molecule has 1 fully saturated rings. The Morgan fingerprint density at radius 1 is 1.39 bits per heavy atom. The molecule has 6 nitrogen and oxygen atoms in total. The normalized spacial score (nSPS) is 20.4. The van der Waals surface area contributed by atoms with Gasteiger partial charge in [0.15, 0.2) is 0 Å². The summed E-state index contributed by atoms with van der Waals surface area (Å²) in [5.41, 5.74) is -0.302. The molecule has 0 aliphatic carbocycles. The van der Waals surface area contributed by atoms with Crippen LogP contribution in [0.3, 0.4) is 0 Å². The van der Waals surface area contributed by atoms with Gasteiger partial charge in [0.2, 0.25) is 17.7 Å². The molecule has 1 saturated heterocycles. The fraction of sp³-hybridized carbons (Fsp3) is 0.750. The zero-order chi connectivity index (χ0) is 13.9. The highest BCUT2D eigenvalue weighted by Gasteiger charge is 2.37. The molecule has 0 radical (unpaired) electrons. The smallest absolute Gasteiger partial charge is 0.246 e. The number of hydrogen-bond donors (Lipinski definition) is 2. The van der Waals surface area contributed by atoms with Crippen LogP contribution < -0.4 is 10.6 Å². The Morgan fingerprint density at radius 2 is 2.00 bits per heavy atom. The molecule has 6 heteroatoms. The molecule has 0 spiro atoms. The van der Waals surface area contributed by atoms with E-state index in [9.17, 15) is 14.4 Å². The fourth-order valence-electron chi connectivity index (χ4n) is 1.85. The quantitative estimate of drug-likeness (QED) is 0.672. The predicted octanol–water partition coefficient (Wildman–Crippen LogP) is -0.362. The lowest BCUT2D eigenvalue weighted by molar-refractivity contribution is -0.138. The number of nitrogens with one attached hydrogen (secondary N) is 2. The molecule has 0 bridgehead atoms. The van der Waals surface area contributed by atoms with Crippen molar-refractivity contribution in [1.29, 1.82) is 0 Å². The predicted molar refractivity (Wildman–Crippen MR) is 66.7 cm³/mol. The van der Waals surface area contributed by atoms with Gasteiger partial charge in [0.05, 0.1) is 19.0 Å². The van der Waals surface area contributed by atoms with E-state index >= 15 is 0 Å². The number of carbonyl (C=O) groups is 3. The molecule has 0 aromatic heterocycles. The second-order valence-electron chi connectivity index (χ2n) is 5.41. The van der Waals surface area contributed by atoms with Crippen molar-refractivity contribution in [1.82, 2.24) is 15.5 Å². The topological polar surface area (TPSA) is 78.5 Å². The van der Waals surface area contributed by atoms with Gasteiger partial charge >= 0.3 is 0 Å². The standard InChI is InChI=1S/C12H21N3O3/c1-5-15-10(17)6-8(11(15)18)13-7-9(16)14-12(2,3)4/h8,13H,5-7H2,1-4H3,(H,14,16). The fourth-order valence-corrected chi connectivity index (χ4v) is 1.85. The van der Waals surface area contributed by atoms with Gasteiger partial charge in [-0.2, -0.15) is 0 Å². The number of likely N-dealkylation sites (N-methyl/N-ethyl adjacent to an activating group) is 1. The average molecular weight is 255 g/mol. The number of nitrogens with zero attached hydrogens (tertiary/aromatic N) is 1. The molecule has 18 heavy (non-hydrogen) atoms. The summed E-state index contributed by atoms with van der Waals surface area (Å²) in [6, 6.07) is -0.567. The first-order chi connectivity index (χ1) is 8.24. The first-order valence-corrected chi connectivity index (χ1v) is 6.13. The summed E-state index contributed by atoms with van der Waals surface area (Å²) in [7, 11) is 0. The van der Waals surface area contributed by atoms with E-state index in [1.54, 1.807) is 6.92 Å². The maximum Gasteiger partial charge on any atom is 0.246 e. The third kappa shape index (κ3) is 3.80. The Hall–Kier alpha value is -1.43. The molecule has 1 aliphatic heterocycles. The number of carbonyl (C=O) groups excluding carboxylic acids is 3. The third-order valence-electron chi connectivity index (χ3n) is 2.58. The van der Waals surface area contributed by atoms with E-state index in [4.69, 9.17) is 0 Å². The van der Waals surface area contributed by atoms with E-state index in [0.717, 1.165) is 0 Å². The van der Waals surface area contributed by atoms with Gasteiger partial charge < -0.3 is 5.32 Å². The van der Waals surface area contributed by atoms with Crippen molar-refractivity contribution in [2.24, 2.45) is 0 Å². The summed E-state index contributed by atoms with van der Waals surface area (Å²) in [5, 5.41) is 5.61. The van der Waals surface area contributed by atoms with Crippen molar-refractivity contribution in [3.63, 3.8) is 0 Å². The van der Waals surface area contributed by atoms with E-state index in [1.807, 2.05) is 20.8 Å². The van der Waals surface area contributed by atoms with Crippen LogP contribution in [0.25, 0.3) is 0 Å². The van der Waals surface area contributed by atoms with Gasteiger partial charge in [0.1, 0.15) is 0 Å². The van der Waals surface area contributed by atoms with E-state index in [-0.39, 0.29) is 36.2 Å². The van der Waals surface area contributed by atoms with Crippen LogP contribution in [0.15, 0.2) is 0 Å². The highest BCUT2D eigenvalue weighted by atomic mass is 16.2. The maximum absolute atomic E-state index is 11.8. The lowest BCUT2D eigenvalue weighted by Crippen LogP contribution is -2.48. The van der Waals surface area contributed by atoms with Crippen molar-refractivity contribution >= 4 is 17.7 Å². The SMILES string of the molecule is CCN1C(=O)CC(NCC(=O)NC(C)(C)C)C1=O. The summed E-state index contributed by atoms with van der Waals surface area (Å²) in [6.07, 6.45) is 0.134. The number of amides is 3. The first-order valence-electron chi connectivity index (χ1n) is 6.13. The van der Waals surface area contributed by atoms with Gasteiger partial charge in [-0.15, -0.1) is 0 Å². The van der Waals surface area contributed by atoms with Crippen LogP contribution in [0.4, 0.5) is 0 Å². The van der Waals surface area contributed by atoms with Crippen LogP contribution in [0.2, 0.25) is 0 Å². The first kappa shape index (κ1) is 14.6. The van der Waals surface area contributed by atoms with Crippen LogP contribution in [-0.4, -0.2) is 47.3 Å². The van der Waals surface area contributed by atoms with Crippen molar-refractivity contribution in [3.8, 4) is 0 Å². The van der Waals surface area contributed by atoms with E-state index < -0.39 is 6.04 Å². The van der Waals surface area contributed by atoms with Crippen LogP contribution in [-0.2, 0) is 14.4 Å². The van der Waals surface area contributed by atoms with Crippen LogP contribution >= 0.6 is 0 Å². The molecule has 1 aliphatic rings. The third-order valence-corrected chi connectivity index (χ3v) is 2.58. The van der Waals surface area contributed by atoms with Gasteiger partial charge in [-0.1, -0.05) is 0 Å². The van der Waals surface area contributed by atoms with Crippen LogP contribution in [0, 0.1) is 0 Å². The number of rotatable bonds is 4. The second-order valence-corrected chi connectivity index (χ2v) is 5.41. The maximum atomic E-state index is 11.8. The van der Waals surface area contributed by atoms with Gasteiger partial charge in [-0.25, -0.2) is 0 Å². The zero-order valence-electron chi connectivity index (χ0n) is 11.4. The van der Waals surface area contributed by atoms with Gasteiger partial charge in [-0.05, 0) is 27.7 Å². The Kier molecular flexibility index (Phi) is 4.45. The summed E-state index contributed by atoms with van der Waals surface area (Å²) in [5.74, 6) is -0.611. The molecule has 3 amide bonds. The molecule has 1 rings (SSSR count). The van der Waals surface area contributed by atoms with Crippen molar-refractivity contribution in [2.75, 3.05) is 13.1 Å². The number of likely N-dealkylation sites (tertiary alicyclic amines) is 1. The Labute approximate surface area is 107 Å². The molecular weight excluding hydrogens is 234 g/mol. The van der Waals surface area contributed by atoms with Crippen LogP contribution in [0.5, 0.6) is 0 Å². The van der Waals surface area contributed by atoms with E-state index in [0.29, 0.717) is 6.54 Å². The summed E-state index contributed by atoms with van der Waals surface area (Å²) in [6.45, 7) is 7.82. The molecule has 0 saturated carbocycles. The summed E-state index contributed by atoms with van der Waals surface area (Å²) < 4.78 is 0. The molecule has 1 unspecified atom stereocenters. The molecular formula is C12H21N3O3. The highest BCUT2D eigenvalue weighted by Crippen LogP contribution is 2.12. The van der Waals surface area contributed by atoms with E-state index in [2.05, 4.69) is 10.6 Å². The van der Waals surface area contributed by atoms with Crippen molar-refractivity contribution in [3.05, 3.63) is 0 Å². The van der Waals surface area contributed by atoms with Crippen molar-refractivity contribution in [2.45, 2.75) is 45.7 Å². The number of hydrogen-bond acceptors (Lipinski definition) is 4. The zero-order valence-corrected chi connectivity index (χ0v) is 11.4. The van der Waals surface area contributed by atoms with E-state index in [1.165, 1.54) is 4.90 Å². The largest absolute Gasteiger partial charge is 0.350 e. The Morgan fingerprint density at radius 3 is 2.44 bits per heavy atom. The molecule has 102 valence electrons. The molecule has 1 heterocycles. The number of imide groups is 1. The minimum Gasteiger partial charge on any atom is -0.350 e. The highest BCUT2D eigenvalue weighted by molar-refractivity contribution is 6.05. The Balaban J connectivity index is 2.44. The van der Waals surface area contributed by atoms with Crippen molar-refractivity contribution < 1.29 is 14.4 Å².